The molecule has 1 aliphatic heterocycles. The molecule has 1 N–H and O–H groups in total. The SMILES string of the molecule is CCc1nc2cc3c(cc2n1CCC(=O)O)OCCCO3. The van der Waals surface area contributed by atoms with Crippen LogP contribution >= 0.6 is 0 Å². The third kappa shape index (κ3) is 2.66. The third-order valence-electron chi connectivity index (χ3n) is 3.56. The van der Waals surface area contributed by atoms with E-state index in [1.54, 1.807) is 0 Å². The molecule has 6 nitrogen and oxygen atoms in total. The highest BCUT2D eigenvalue weighted by Crippen LogP contribution is 2.34. The number of rotatable bonds is 4. The van der Waals surface area contributed by atoms with E-state index in [1.807, 2.05) is 23.6 Å². The number of aryl methyl sites for hydroxylation is 2. The van der Waals surface area contributed by atoms with Gasteiger partial charge in [-0.05, 0) is 0 Å². The zero-order valence-electron chi connectivity index (χ0n) is 12.0. The fraction of sp³-hybridized carbons (Fsp3) is 0.467. The maximum absolute atomic E-state index is 10.8. The Morgan fingerprint density at radius 3 is 2.71 bits per heavy atom. The number of imidazole rings is 1. The number of carboxylic acid groups (broad SMARTS) is 1. The molecule has 0 fully saturated rings. The van der Waals surface area contributed by atoms with Gasteiger partial charge in [-0.1, -0.05) is 6.92 Å². The maximum atomic E-state index is 10.8. The number of hydrogen-bond acceptors (Lipinski definition) is 4. The van der Waals surface area contributed by atoms with Crippen molar-refractivity contribution in [2.45, 2.75) is 32.7 Å². The normalized spacial score (nSPS) is 14.1. The van der Waals surface area contributed by atoms with Gasteiger partial charge in [0.2, 0.25) is 0 Å². The van der Waals surface area contributed by atoms with Crippen LogP contribution in [-0.4, -0.2) is 33.8 Å². The fourth-order valence-corrected chi connectivity index (χ4v) is 2.56. The standard InChI is InChI=1S/C15H18N2O4/c1-2-14-16-10-8-12-13(21-7-3-6-20-12)9-11(10)17(14)5-4-15(18)19/h8-9H,2-7H2,1H3,(H,18,19). The Balaban J connectivity index is 2.07. The lowest BCUT2D eigenvalue weighted by atomic mass is 10.2. The van der Waals surface area contributed by atoms with Crippen LogP contribution in [0.5, 0.6) is 11.5 Å². The lowest BCUT2D eigenvalue weighted by molar-refractivity contribution is -0.137. The monoisotopic (exact) mass is 290 g/mol. The van der Waals surface area contributed by atoms with Crippen LogP contribution in [0.1, 0.15) is 25.6 Å². The second-order valence-corrected chi connectivity index (χ2v) is 5.02. The maximum Gasteiger partial charge on any atom is 0.305 e. The molecule has 0 amide bonds. The first-order chi connectivity index (χ1) is 10.2. The molecule has 0 bridgehead atoms. The number of benzene rings is 1. The van der Waals surface area contributed by atoms with Gasteiger partial charge in [-0.25, -0.2) is 4.98 Å². The number of fused-ring (bicyclic) bond motifs is 2. The molecule has 0 saturated heterocycles. The Kier molecular flexibility index (Phi) is 3.68. The molecule has 1 aromatic heterocycles. The first kappa shape index (κ1) is 13.7. The van der Waals surface area contributed by atoms with Crippen LogP contribution in [0.25, 0.3) is 11.0 Å². The number of aliphatic carboxylic acids is 1. The summed E-state index contributed by atoms with van der Waals surface area (Å²) in [7, 11) is 0. The first-order valence-electron chi connectivity index (χ1n) is 7.19. The summed E-state index contributed by atoms with van der Waals surface area (Å²) in [5, 5.41) is 8.90. The van der Waals surface area contributed by atoms with E-state index < -0.39 is 5.97 Å². The van der Waals surface area contributed by atoms with E-state index in [9.17, 15) is 4.79 Å². The van der Waals surface area contributed by atoms with E-state index in [-0.39, 0.29) is 6.42 Å². The van der Waals surface area contributed by atoms with Crippen LogP contribution in [0.4, 0.5) is 0 Å². The van der Waals surface area contributed by atoms with Gasteiger partial charge in [-0.3, -0.25) is 4.79 Å². The Morgan fingerprint density at radius 1 is 1.33 bits per heavy atom. The number of hydrogen-bond donors (Lipinski definition) is 1. The van der Waals surface area contributed by atoms with Crippen molar-refractivity contribution in [1.29, 1.82) is 0 Å². The van der Waals surface area contributed by atoms with Gasteiger partial charge in [-0.15, -0.1) is 0 Å². The van der Waals surface area contributed by atoms with Crippen LogP contribution in [0.2, 0.25) is 0 Å². The number of ether oxygens (including phenoxy) is 2. The highest BCUT2D eigenvalue weighted by molar-refractivity contribution is 5.81. The molecule has 1 aromatic carbocycles. The second kappa shape index (κ2) is 5.63. The van der Waals surface area contributed by atoms with Crippen LogP contribution in [0.3, 0.4) is 0 Å². The van der Waals surface area contributed by atoms with Gasteiger partial charge >= 0.3 is 5.97 Å². The highest BCUT2D eigenvalue weighted by atomic mass is 16.5. The summed E-state index contributed by atoms with van der Waals surface area (Å²) < 4.78 is 13.3. The minimum Gasteiger partial charge on any atom is -0.489 e. The average molecular weight is 290 g/mol. The molecule has 0 aliphatic carbocycles. The van der Waals surface area contributed by atoms with Gasteiger partial charge in [0.1, 0.15) is 5.82 Å². The van der Waals surface area contributed by atoms with Gasteiger partial charge in [0.05, 0.1) is 30.7 Å². The van der Waals surface area contributed by atoms with Crippen molar-refractivity contribution in [3.8, 4) is 11.5 Å². The second-order valence-electron chi connectivity index (χ2n) is 5.02. The lowest BCUT2D eigenvalue weighted by Crippen LogP contribution is -2.07. The van der Waals surface area contributed by atoms with Crippen LogP contribution in [0.15, 0.2) is 12.1 Å². The van der Waals surface area contributed by atoms with Crippen molar-refractivity contribution >= 4 is 17.0 Å². The molecule has 21 heavy (non-hydrogen) atoms. The topological polar surface area (TPSA) is 73.6 Å². The predicted octanol–water partition coefficient (Wildman–Crippen LogP) is 2.23. The Bertz CT molecular complexity index is 678. The van der Waals surface area contributed by atoms with Crippen molar-refractivity contribution in [3.63, 3.8) is 0 Å². The van der Waals surface area contributed by atoms with E-state index in [2.05, 4.69) is 4.98 Å². The van der Waals surface area contributed by atoms with Crippen molar-refractivity contribution < 1.29 is 19.4 Å². The molecule has 3 rings (SSSR count). The lowest BCUT2D eigenvalue weighted by Gasteiger charge is -2.09. The Labute approximate surface area is 122 Å². The molecule has 0 radical (unpaired) electrons. The molecular weight excluding hydrogens is 272 g/mol. The molecule has 112 valence electrons. The third-order valence-corrected chi connectivity index (χ3v) is 3.56. The minimum atomic E-state index is -0.812. The van der Waals surface area contributed by atoms with Crippen molar-refractivity contribution in [2.24, 2.45) is 0 Å². The van der Waals surface area contributed by atoms with Crippen LogP contribution in [0, 0.1) is 0 Å². The highest BCUT2D eigenvalue weighted by Gasteiger charge is 2.17. The summed E-state index contributed by atoms with van der Waals surface area (Å²) in [6.45, 7) is 3.69. The molecule has 2 heterocycles. The van der Waals surface area contributed by atoms with Crippen molar-refractivity contribution in [2.75, 3.05) is 13.2 Å². The van der Waals surface area contributed by atoms with E-state index in [1.165, 1.54) is 0 Å². The fourth-order valence-electron chi connectivity index (χ4n) is 2.56. The molecule has 0 atom stereocenters. The molecule has 6 heteroatoms. The van der Waals surface area contributed by atoms with Gasteiger partial charge in [0.25, 0.3) is 0 Å². The minimum absolute atomic E-state index is 0.0763. The van der Waals surface area contributed by atoms with E-state index >= 15 is 0 Å². The summed E-state index contributed by atoms with van der Waals surface area (Å²) >= 11 is 0. The smallest absolute Gasteiger partial charge is 0.305 e. The first-order valence-corrected chi connectivity index (χ1v) is 7.19. The quantitative estimate of drug-likeness (QED) is 0.934. The van der Waals surface area contributed by atoms with Crippen LogP contribution < -0.4 is 9.47 Å². The molecule has 2 aromatic rings. The Morgan fingerprint density at radius 2 is 2.05 bits per heavy atom. The van der Waals surface area contributed by atoms with E-state index in [0.717, 1.165) is 29.7 Å². The zero-order valence-corrected chi connectivity index (χ0v) is 12.0. The molecule has 0 saturated carbocycles. The number of carboxylic acids is 1. The number of aromatic nitrogens is 2. The van der Waals surface area contributed by atoms with Gasteiger partial charge in [-0.2, -0.15) is 0 Å². The molecule has 1 aliphatic rings. The van der Waals surface area contributed by atoms with E-state index in [4.69, 9.17) is 14.6 Å². The van der Waals surface area contributed by atoms with Gasteiger partial charge < -0.3 is 19.1 Å². The van der Waals surface area contributed by atoms with Crippen LogP contribution in [-0.2, 0) is 17.8 Å². The summed E-state index contributed by atoms with van der Waals surface area (Å²) in [4.78, 5) is 15.4. The number of carbonyl (C=O) groups is 1. The molecule has 0 spiro atoms. The van der Waals surface area contributed by atoms with Crippen molar-refractivity contribution in [3.05, 3.63) is 18.0 Å². The number of nitrogens with zero attached hydrogens (tertiary/aromatic N) is 2. The summed E-state index contributed by atoms with van der Waals surface area (Å²) in [6.07, 6.45) is 1.68. The van der Waals surface area contributed by atoms with Crippen molar-refractivity contribution in [1.82, 2.24) is 9.55 Å². The summed E-state index contributed by atoms with van der Waals surface area (Å²) in [5.41, 5.74) is 1.72. The average Bonchev–Trinajstić information content (AvgIpc) is 2.64. The van der Waals surface area contributed by atoms with Gasteiger partial charge in [0, 0.05) is 31.5 Å². The summed E-state index contributed by atoms with van der Waals surface area (Å²) in [6, 6.07) is 3.79. The van der Waals surface area contributed by atoms with E-state index in [0.29, 0.717) is 31.3 Å². The van der Waals surface area contributed by atoms with Gasteiger partial charge in [0.15, 0.2) is 11.5 Å². The summed E-state index contributed by atoms with van der Waals surface area (Å²) in [5.74, 6) is 1.49. The molecular formula is C15H18N2O4. The Hall–Kier alpha value is -2.24. The molecule has 0 unspecified atom stereocenters. The largest absolute Gasteiger partial charge is 0.489 e. The predicted molar refractivity (Wildman–Crippen MR) is 77.0 cm³/mol. The zero-order chi connectivity index (χ0) is 14.8.